The van der Waals surface area contributed by atoms with Gasteiger partial charge in [0, 0.05) is 24.4 Å². The number of hydrogen-bond donors (Lipinski definition) is 0. The van der Waals surface area contributed by atoms with Crippen LogP contribution in [0.2, 0.25) is 0 Å². The van der Waals surface area contributed by atoms with Crippen LogP contribution in [0, 0.1) is 0 Å². The summed E-state index contributed by atoms with van der Waals surface area (Å²) in [5.41, 5.74) is 0.508. The van der Waals surface area contributed by atoms with Crippen molar-refractivity contribution in [3.05, 3.63) is 64.3 Å². The van der Waals surface area contributed by atoms with Crippen LogP contribution in [0.1, 0.15) is 35.1 Å². The average Bonchev–Trinajstić information content (AvgIpc) is 3.15. The van der Waals surface area contributed by atoms with E-state index in [4.69, 9.17) is 4.74 Å². The molecule has 1 aromatic carbocycles. The van der Waals surface area contributed by atoms with Crippen LogP contribution in [0.25, 0.3) is 11.2 Å². The molecule has 0 radical (unpaired) electrons. The molecule has 4 heterocycles. The minimum Gasteiger partial charge on any atom is -0.864 e. The molecule has 1 fully saturated rings. The van der Waals surface area contributed by atoms with Gasteiger partial charge in [-0.25, -0.2) is 9.20 Å². The van der Waals surface area contributed by atoms with Gasteiger partial charge < -0.3 is 14.7 Å². The fraction of sp³-hybridized carbons (Fsp3) is 0.250. The Kier molecular flexibility index (Phi) is 3.28. The molecule has 3 aromatic rings. The fourth-order valence-electron chi connectivity index (χ4n) is 4.23. The van der Waals surface area contributed by atoms with E-state index in [1.165, 1.54) is 11.7 Å². The minimum atomic E-state index is -0.646. The summed E-state index contributed by atoms with van der Waals surface area (Å²) in [4.78, 5) is 28.0. The smallest absolute Gasteiger partial charge is 0.335 e. The molecule has 0 aliphatic carbocycles. The normalized spacial score (nSPS) is 18.0. The van der Waals surface area contributed by atoms with Crippen LogP contribution >= 0.6 is 0 Å². The molecule has 0 spiro atoms. The van der Waals surface area contributed by atoms with E-state index in [0.717, 1.165) is 12.8 Å². The Morgan fingerprint density at radius 2 is 2.04 bits per heavy atom. The SMILES string of the molecule is COc1cc[n+]2c3n(c(=O)c([O-])c2c1)-c1ccccc1C(=O)N1CCC[C@@H]31. The van der Waals surface area contributed by atoms with E-state index in [9.17, 15) is 14.7 Å². The molecule has 2 aromatic heterocycles. The van der Waals surface area contributed by atoms with E-state index < -0.39 is 11.3 Å². The van der Waals surface area contributed by atoms with Crippen LogP contribution in [-0.2, 0) is 0 Å². The molecule has 1 amide bonds. The largest absolute Gasteiger partial charge is 0.864 e. The molecule has 0 N–H and O–H groups in total. The molecule has 5 rings (SSSR count). The van der Waals surface area contributed by atoms with Gasteiger partial charge in [-0.15, -0.1) is 0 Å². The number of hydrogen-bond acceptors (Lipinski definition) is 4. The molecule has 136 valence electrons. The molecule has 27 heavy (non-hydrogen) atoms. The second-order valence-corrected chi connectivity index (χ2v) is 6.82. The molecule has 1 saturated heterocycles. The zero-order chi connectivity index (χ0) is 18.7. The summed E-state index contributed by atoms with van der Waals surface area (Å²) in [6, 6.07) is 10.0. The predicted molar refractivity (Wildman–Crippen MR) is 94.2 cm³/mol. The van der Waals surface area contributed by atoms with Gasteiger partial charge in [0.1, 0.15) is 23.0 Å². The summed E-state index contributed by atoms with van der Waals surface area (Å²) in [7, 11) is 1.51. The van der Waals surface area contributed by atoms with Crippen LogP contribution in [0.4, 0.5) is 0 Å². The van der Waals surface area contributed by atoms with E-state index in [1.807, 2.05) is 0 Å². The van der Waals surface area contributed by atoms with Gasteiger partial charge in [-0.1, -0.05) is 12.1 Å². The first-order chi connectivity index (χ1) is 13.1. The molecule has 2 aliphatic heterocycles. The van der Waals surface area contributed by atoms with Crippen molar-refractivity contribution in [3.63, 3.8) is 0 Å². The van der Waals surface area contributed by atoms with E-state index in [-0.39, 0.29) is 17.5 Å². The number of ether oxygens (including phenoxy) is 1. The van der Waals surface area contributed by atoms with Crippen LogP contribution in [0.3, 0.4) is 0 Å². The number of fused-ring (bicyclic) bond motifs is 7. The number of para-hydroxylation sites is 1. The van der Waals surface area contributed by atoms with Crippen molar-refractivity contribution in [2.24, 2.45) is 0 Å². The second-order valence-electron chi connectivity index (χ2n) is 6.82. The Bertz CT molecular complexity index is 1170. The van der Waals surface area contributed by atoms with Gasteiger partial charge in [0.15, 0.2) is 0 Å². The van der Waals surface area contributed by atoms with E-state index >= 15 is 0 Å². The summed E-state index contributed by atoms with van der Waals surface area (Å²) in [6.07, 6.45) is 3.32. The van der Waals surface area contributed by atoms with Crippen LogP contribution < -0.4 is 19.8 Å². The number of rotatable bonds is 1. The molecule has 0 unspecified atom stereocenters. The van der Waals surface area contributed by atoms with Crippen molar-refractivity contribution in [2.45, 2.75) is 18.9 Å². The van der Waals surface area contributed by atoms with Crippen molar-refractivity contribution in [1.29, 1.82) is 0 Å². The lowest BCUT2D eigenvalue weighted by molar-refractivity contribution is -0.535. The van der Waals surface area contributed by atoms with Crippen LogP contribution in [0.5, 0.6) is 11.5 Å². The summed E-state index contributed by atoms with van der Waals surface area (Å²) < 4.78 is 8.37. The van der Waals surface area contributed by atoms with Crippen molar-refractivity contribution in [3.8, 4) is 17.2 Å². The molecule has 7 heteroatoms. The first-order valence-electron chi connectivity index (χ1n) is 8.87. The highest BCUT2D eigenvalue weighted by Crippen LogP contribution is 2.36. The van der Waals surface area contributed by atoms with Crippen LogP contribution in [0.15, 0.2) is 47.4 Å². The number of amides is 1. The van der Waals surface area contributed by atoms with E-state index in [2.05, 4.69) is 0 Å². The number of carbonyl (C=O) groups excluding carboxylic acids is 1. The van der Waals surface area contributed by atoms with Gasteiger partial charge in [0.05, 0.1) is 18.9 Å². The van der Waals surface area contributed by atoms with Gasteiger partial charge in [-0.2, -0.15) is 4.57 Å². The van der Waals surface area contributed by atoms with Crippen molar-refractivity contribution < 1.29 is 19.0 Å². The number of nitrogens with zero attached hydrogens (tertiary/aromatic N) is 3. The monoisotopic (exact) mass is 363 g/mol. The highest BCUT2D eigenvalue weighted by Gasteiger charge is 2.43. The Morgan fingerprint density at radius 1 is 1.22 bits per heavy atom. The molecule has 0 bridgehead atoms. The Balaban J connectivity index is 1.98. The number of benzene rings is 1. The maximum atomic E-state index is 13.1. The molecule has 1 atom stereocenters. The quantitative estimate of drug-likeness (QED) is 0.603. The van der Waals surface area contributed by atoms with Gasteiger partial charge in [-0.3, -0.25) is 4.79 Å². The molecule has 7 nitrogen and oxygen atoms in total. The van der Waals surface area contributed by atoms with E-state index in [0.29, 0.717) is 29.4 Å². The topological polar surface area (TPSA) is 78.7 Å². The number of carbonyl (C=O) groups is 1. The predicted octanol–water partition coefficient (Wildman–Crippen LogP) is 0.949. The fourth-order valence-corrected chi connectivity index (χ4v) is 4.23. The molecule has 0 saturated carbocycles. The van der Waals surface area contributed by atoms with E-state index in [1.54, 1.807) is 51.9 Å². The number of methoxy groups -OCH3 is 1. The standard InChI is InChI=1S/C20H17N3O4/c1-27-12-8-10-21-16(11-12)17(24)20(26)23-14-6-3-2-5-13(14)19(25)22-9-4-7-15(22)18(21)23/h2-3,5-6,8,10-11,15H,4,7,9H2,1H3/t15-/m0/s1. The third kappa shape index (κ3) is 2.05. The average molecular weight is 363 g/mol. The Morgan fingerprint density at radius 3 is 2.85 bits per heavy atom. The second kappa shape index (κ2) is 5.57. The van der Waals surface area contributed by atoms with Gasteiger partial charge in [0.25, 0.3) is 11.7 Å². The maximum absolute atomic E-state index is 13.1. The Hall–Kier alpha value is -3.35. The zero-order valence-corrected chi connectivity index (χ0v) is 14.7. The maximum Gasteiger partial charge on any atom is 0.335 e. The first-order valence-corrected chi connectivity index (χ1v) is 8.87. The highest BCUT2D eigenvalue weighted by atomic mass is 16.5. The molecular weight excluding hydrogens is 346 g/mol. The Labute approximate surface area is 154 Å². The van der Waals surface area contributed by atoms with Crippen molar-refractivity contribution in [2.75, 3.05) is 13.7 Å². The lowest BCUT2D eigenvalue weighted by Gasteiger charge is -2.21. The molecule has 2 aliphatic rings. The number of aromatic nitrogens is 2. The van der Waals surface area contributed by atoms with Gasteiger partial charge in [0.2, 0.25) is 0 Å². The first kappa shape index (κ1) is 15.9. The minimum absolute atomic E-state index is 0.106. The third-order valence-corrected chi connectivity index (χ3v) is 5.46. The zero-order valence-electron chi connectivity index (χ0n) is 14.7. The summed E-state index contributed by atoms with van der Waals surface area (Å²) in [5, 5.41) is 12.9. The lowest BCUT2D eigenvalue weighted by atomic mass is 10.1. The summed E-state index contributed by atoms with van der Waals surface area (Å²) in [6.45, 7) is 0.628. The summed E-state index contributed by atoms with van der Waals surface area (Å²) in [5.74, 6) is 0.412. The number of pyridine rings is 1. The summed E-state index contributed by atoms with van der Waals surface area (Å²) >= 11 is 0. The highest BCUT2D eigenvalue weighted by molar-refractivity contribution is 5.98. The molecular formula is C20H17N3O4. The third-order valence-electron chi connectivity index (χ3n) is 5.46. The van der Waals surface area contributed by atoms with Crippen molar-refractivity contribution >= 4 is 11.4 Å². The van der Waals surface area contributed by atoms with Crippen LogP contribution in [-0.4, -0.2) is 29.0 Å². The van der Waals surface area contributed by atoms with Crippen molar-refractivity contribution in [1.82, 2.24) is 9.47 Å². The lowest BCUT2D eigenvalue weighted by Crippen LogP contribution is -2.43. The van der Waals surface area contributed by atoms with Gasteiger partial charge in [-0.05, 0) is 25.0 Å². The van der Waals surface area contributed by atoms with Gasteiger partial charge >= 0.3 is 5.56 Å².